The number of rotatable bonds is 16. The van der Waals surface area contributed by atoms with Gasteiger partial charge < -0.3 is 15.2 Å². The summed E-state index contributed by atoms with van der Waals surface area (Å²) in [6, 6.07) is 0. The molecule has 0 heterocycles. The second-order valence-corrected chi connectivity index (χ2v) is 6.73. The lowest BCUT2D eigenvalue weighted by molar-refractivity contribution is -0.169. The molecule has 0 amide bonds. The fourth-order valence-corrected chi connectivity index (χ4v) is 3.70. The maximum absolute atomic E-state index is 5.96. The van der Waals surface area contributed by atoms with Gasteiger partial charge in [0, 0.05) is 19.6 Å². The molecule has 0 atom stereocenters. The van der Waals surface area contributed by atoms with Crippen LogP contribution >= 0.6 is 11.8 Å². The second-order valence-electron chi connectivity index (χ2n) is 5.41. The van der Waals surface area contributed by atoms with Crippen LogP contribution < -0.4 is 5.73 Å². The molecule has 0 aliphatic heterocycles. The van der Waals surface area contributed by atoms with E-state index in [4.69, 9.17) is 15.2 Å². The van der Waals surface area contributed by atoms with Crippen molar-refractivity contribution in [2.75, 3.05) is 25.5 Å². The van der Waals surface area contributed by atoms with Gasteiger partial charge in [0.25, 0.3) is 0 Å². The first-order chi connectivity index (χ1) is 10.2. The van der Waals surface area contributed by atoms with E-state index in [0.29, 0.717) is 13.2 Å². The largest absolute Gasteiger partial charge is 0.341 e. The Morgan fingerprint density at radius 3 is 1.90 bits per heavy atom. The van der Waals surface area contributed by atoms with Gasteiger partial charge in [0.15, 0.2) is 0 Å². The predicted molar refractivity (Wildman–Crippen MR) is 94.7 cm³/mol. The lowest BCUT2D eigenvalue weighted by atomic mass is 10.1. The van der Waals surface area contributed by atoms with E-state index in [-0.39, 0.29) is 0 Å². The Hall–Kier alpha value is 0.230. The summed E-state index contributed by atoms with van der Waals surface area (Å²) in [4.78, 5) is 0. The Morgan fingerprint density at radius 1 is 0.810 bits per heavy atom. The molecule has 128 valence electrons. The summed E-state index contributed by atoms with van der Waals surface area (Å²) < 4.78 is 11.9. The van der Waals surface area contributed by atoms with E-state index in [1.807, 2.05) is 13.8 Å². The monoisotopic (exact) mass is 319 g/mol. The molecule has 21 heavy (non-hydrogen) atoms. The van der Waals surface area contributed by atoms with E-state index in [2.05, 4.69) is 6.92 Å². The molecule has 0 fully saturated rings. The molecule has 0 saturated carbocycles. The lowest BCUT2D eigenvalue weighted by Gasteiger charge is -2.32. The Morgan fingerprint density at radius 2 is 1.38 bits per heavy atom. The summed E-state index contributed by atoms with van der Waals surface area (Å²) in [5.74, 6) is 1.01. The quantitative estimate of drug-likeness (QED) is 0.323. The van der Waals surface area contributed by atoms with Gasteiger partial charge in [-0.15, -0.1) is 0 Å². The Labute approximate surface area is 136 Å². The molecule has 0 aliphatic rings. The Bertz CT molecular complexity index is 209. The molecular formula is C17H37NO2S. The van der Waals surface area contributed by atoms with Crippen molar-refractivity contribution in [3.8, 4) is 0 Å². The second kappa shape index (κ2) is 15.1. The molecule has 0 aromatic rings. The van der Waals surface area contributed by atoms with Crippen molar-refractivity contribution in [1.29, 1.82) is 0 Å². The van der Waals surface area contributed by atoms with Gasteiger partial charge in [-0.25, -0.2) is 0 Å². The fourth-order valence-electron chi connectivity index (χ4n) is 2.39. The molecule has 0 saturated heterocycles. The lowest BCUT2D eigenvalue weighted by Crippen LogP contribution is -2.33. The average Bonchev–Trinajstić information content (AvgIpc) is 2.47. The van der Waals surface area contributed by atoms with E-state index in [9.17, 15) is 0 Å². The van der Waals surface area contributed by atoms with Crippen LogP contribution in [0, 0.1) is 0 Å². The molecular weight excluding hydrogens is 282 g/mol. The van der Waals surface area contributed by atoms with Crippen LogP contribution in [0.2, 0.25) is 0 Å². The summed E-state index contributed by atoms with van der Waals surface area (Å²) in [7, 11) is 0. The highest BCUT2D eigenvalue weighted by atomic mass is 32.2. The zero-order valence-electron chi connectivity index (χ0n) is 14.5. The maximum atomic E-state index is 5.96. The van der Waals surface area contributed by atoms with E-state index in [1.165, 1.54) is 44.9 Å². The topological polar surface area (TPSA) is 44.5 Å². The Kier molecular flexibility index (Phi) is 15.3. The summed E-state index contributed by atoms with van der Waals surface area (Å²) in [6.45, 7) is 8.48. The minimum atomic E-state index is -0.442. The standard InChI is InChI=1S/C17H37NO2S/c1-4-7-8-9-10-11-12-14-17(19-5-2,20-6-3)21-16-13-15-18/h4-16,18H2,1-3H3. The van der Waals surface area contributed by atoms with Crippen molar-refractivity contribution in [2.24, 2.45) is 5.73 Å². The van der Waals surface area contributed by atoms with Crippen LogP contribution in [0.5, 0.6) is 0 Å². The third-order valence-corrected chi connectivity index (χ3v) is 4.86. The van der Waals surface area contributed by atoms with Crippen molar-refractivity contribution >= 4 is 11.8 Å². The van der Waals surface area contributed by atoms with Crippen LogP contribution in [-0.4, -0.2) is 30.6 Å². The van der Waals surface area contributed by atoms with Crippen molar-refractivity contribution in [3.63, 3.8) is 0 Å². The molecule has 0 rings (SSSR count). The van der Waals surface area contributed by atoms with Gasteiger partial charge in [-0.05, 0) is 39.0 Å². The minimum absolute atomic E-state index is 0.442. The van der Waals surface area contributed by atoms with Crippen LogP contribution in [0.3, 0.4) is 0 Å². The Balaban J connectivity index is 4.05. The number of unbranched alkanes of at least 4 members (excludes halogenated alkanes) is 6. The third-order valence-electron chi connectivity index (χ3n) is 3.49. The van der Waals surface area contributed by atoms with Gasteiger partial charge in [0.1, 0.15) is 0 Å². The molecule has 0 aromatic heterocycles. The van der Waals surface area contributed by atoms with Crippen molar-refractivity contribution in [1.82, 2.24) is 0 Å². The minimum Gasteiger partial charge on any atom is -0.341 e. The predicted octanol–water partition coefficient (Wildman–Crippen LogP) is 4.94. The zero-order chi connectivity index (χ0) is 15.8. The number of nitrogens with two attached hydrogens (primary N) is 1. The smallest absolute Gasteiger partial charge is 0.218 e. The highest BCUT2D eigenvalue weighted by Gasteiger charge is 2.31. The number of ether oxygens (including phenoxy) is 2. The number of hydrogen-bond donors (Lipinski definition) is 1. The van der Waals surface area contributed by atoms with Crippen molar-refractivity contribution in [3.05, 3.63) is 0 Å². The van der Waals surface area contributed by atoms with Crippen LogP contribution in [0.1, 0.15) is 78.6 Å². The first kappa shape index (κ1) is 21.2. The summed E-state index contributed by atoms with van der Waals surface area (Å²) in [6.07, 6.45) is 11.2. The van der Waals surface area contributed by atoms with Gasteiger partial charge in [0.2, 0.25) is 5.12 Å². The van der Waals surface area contributed by atoms with Crippen LogP contribution in [0.15, 0.2) is 0 Å². The van der Waals surface area contributed by atoms with E-state index in [0.717, 1.165) is 25.1 Å². The first-order valence-electron chi connectivity index (χ1n) is 8.86. The summed E-state index contributed by atoms with van der Waals surface area (Å²) in [5.41, 5.74) is 5.59. The van der Waals surface area contributed by atoms with Crippen LogP contribution in [-0.2, 0) is 9.47 Å². The maximum Gasteiger partial charge on any atom is 0.218 e. The van der Waals surface area contributed by atoms with E-state index >= 15 is 0 Å². The molecule has 0 aromatic carbocycles. The molecule has 4 heteroatoms. The average molecular weight is 320 g/mol. The summed E-state index contributed by atoms with van der Waals surface area (Å²) >= 11 is 1.79. The zero-order valence-corrected chi connectivity index (χ0v) is 15.3. The molecule has 0 radical (unpaired) electrons. The molecule has 3 nitrogen and oxygen atoms in total. The van der Waals surface area contributed by atoms with E-state index < -0.39 is 5.12 Å². The SMILES string of the molecule is CCCCCCCCCC(OCC)(OCC)SCCCN. The molecule has 0 bridgehead atoms. The van der Waals surface area contributed by atoms with Gasteiger partial charge in [-0.2, -0.15) is 0 Å². The van der Waals surface area contributed by atoms with Gasteiger partial charge >= 0.3 is 0 Å². The van der Waals surface area contributed by atoms with Crippen molar-refractivity contribution in [2.45, 2.75) is 83.7 Å². The molecule has 0 aliphatic carbocycles. The van der Waals surface area contributed by atoms with Crippen LogP contribution in [0.4, 0.5) is 0 Å². The molecule has 0 spiro atoms. The number of hydrogen-bond acceptors (Lipinski definition) is 4. The van der Waals surface area contributed by atoms with Crippen LogP contribution in [0.25, 0.3) is 0 Å². The van der Waals surface area contributed by atoms with E-state index in [1.54, 1.807) is 11.8 Å². The van der Waals surface area contributed by atoms with Gasteiger partial charge in [-0.1, -0.05) is 57.2 Å². The third kappa shape index (κ3) is 11.5. The van der Waals surface area contributed by atoms with Gasteiger partial charge in [-0.3, -0.25) is 0 Å². The number of thioether (sulfide) groups is 1. The highest BCUT2D eigenvalue weighted by molar-refractivity contribution is 8.00. The van der Waals surface area contributed by atoms with Gasteiger partial charge in [0.05, 0.1) is 0 Å². The molecule has 2 N–H and O–H groups in total. The first-order valence-corrected chi connectivity index (χ1v) is 9.85. The summed E-state index contributed by atoms with van der Waals surface area (Å²) in [5, 5.41) is -0.442. The normalized spacial score (nSPS) is 12.0. The highest BCUT2D eigenvalue weighted by Crippen LogP contribution is 2.34. The van der Waals surface area contributed by atoms with Crippen molar-refractivity contribution < 1.29 is 9.47 Å². The molecule has 0 unspecified atom stereocenters. The fraction of sp³-hybridized carbons (Fsp3) is 1.00.